The molecule has 0 aliphatic heterocycles. The molecule has 1 atom stereocenters. The number of aryl methyl sites for hydroxylation is 2. The van der Waals surface area contributed by atoms with Crippen LogP contribution < -0.4 is 5.32 Å². The van der Waals surface area contributed by atoms with Crippen molar-refractivity contribution in [3.8, 4) is 0 Å². The molecule has 1 unspecified atom stereocenters. The van der Waals surface area contributed by atoms with E-state index in [4.69, 9.17) is 4.98 Å². The van der Waals surface area contributed by atoms with Gasteiger partial charge in [0.05, 0.1) is 12.1 Å². The van der Waals surface area contributed by atoms with Crippen LogP contribution in [0.1, 0.15) is 73.5 Å². The second-order valence-electron chi connectivity index (χ2n) is 12.0. The quantitative estimate of drug-likeness (QED) is 0.180. The van der Waals surface area contributed by atoms with E-state index >= 15 is 0 Å². The fraction of sp³-hybridized carbons (Fsp3) is 0.342. The molecule has 6 rings (SSSR count). The van der Waals surface area contributed by atoms with Gasteiger partial charge in [0, 0.05) is 46.9 Å². The van der Waals surface area contributed by atoms with E-state index in [0.717, 1.165) is 24.2 Å². The third-order valence-electron chi connectivity index (χ3n) is 8.12. The van der Waals surface area contributed by atoms with Crippen LogP contribution in [0.5, 0.6) is 0 Å². The minimum Gasteiger partial charge on any atom is -0.395 e. The third-order valence-corrected chi connectivity index (χ3v) is 8.12. The largest absolute Gasteiger partial charge is 0.395 e. The average molecular weight is 560 g/mol. The summed E-state index contributed by atoms with van der Waals surface area (Å²) in [4.78, 5) is 4.96. The first-order valence-corrected chi connectivity index (χ1v) is 15.5. The van der Waals surface area contributed by atoms with Gasteiger partial charge in [-0.3, -0.25) is 4.40 Å². The van der Waals surface area contributed by atoms with Crippen molar-refractivity contribution in [2.24, 2.45) is 5.92 Å². The maximum atomic E-state index is 9.44. The molecule has 0 radical (unpaired) electrons. The molecule has 5 aromatic rings. The van der Waals surface area contributed by atoms with Crippen molar-refractivity contribution in [3.05, 3.63) is 130 Å². The number of benzene rings is 3. The molecule has 4 heteroatoms. The number of allylic oxidation sites excluding steroid dienone is 2. The van der Waals surface area contributed by atoms with Crippen molar-refractivity contribution in [2.75, 3.05) is 13.2 Å². The molecule has 218 valence electrons. The molecule has 0 amide bonds. The van der Waals surface area contributed by atoms with E-state index in [-0.39, 0.29) is 6.61 Å². The lowest BCUT2D eigenvalue weighted by atomic mass is 9.87. The number of nitrogens with one attached hydrogen (secondary N) is 1. The van der Waals surface area contributed by atoms with E-state index in [9.17, 15) is 5.11 Å². The molecule has 42 heavy (non-hydrogen) atoms. The molecule has 1 aliphatic carbocycles. The van der Waals surface area contributed by atoms with Crippen LogP contribution in [-0.2, 0) is 6.42 Å². The van der Waals surface area contributed by atoms with E-state index in [1.54, 1.807) is 0 Å². The zero-order valence-corrected chi connectivity index (χ0v) is 25.6. The van der Waals surface area contributed by atoms with Gasteiger partial charge in [0.15, 0.2) is 0 Å². The molecular formula is C38H45N3O. The summed E-state index contributed by atoms with van der Waals surface area (Å²) in [5.74, 6) is 1.04. The summed E-state index contributed by atoms with van der Waals surface area (Å²) in [5.41, 5.74) is 11.5. The van der Waals surface area contributed by atoms with Gasteiger partial charge < -0.3 is 10.4 Å². The number of fused-ring (bicyclic) bond motifs is 3. The molecule has 2 heterocycles. The van der Waals surface area contributed by atoms with E-state index < -0.39 is 0 Å². The van der Waals surface area contributed by atoms with Gasteiger partial charge >= 0.3 is 0 Å². The number of hydrogen-bond acceptors (Lipinski definition) is 3. The zero-order valence-electron chi connectivity index (χ0n) is 25.6. The lowest BCUT2D eigenvalue weighted by molar-refractivity contribution is 0.295. The minimum atomic E-state index is 0.166. The van der Waals surface area contributed by atoms with Crippen LogP contribution in [0.25, 0.3) is 16.6 Å². The Morgan fingerprint density at radius 2 is 1.55 bits per heavy atom. The van der Waals surface area contributed by atoms with Crippen LogP contribution in [0.4, 0.5) is 0 Å². The van der Waals surface area contributed by atoms with Gasteiger partial charge in [0.1, 0.15) is 5.65 Å². The summed E-state index contributed by atoms with van der Waals surface area (Å²) >= 11 is 0. The molecule has 0 saturated heterocycles. The van der Waals surface area contributed by atoms with Gasteiger partial charge in [-0.05, 0) is 67.9 Å². The number of aromatic nitrogens is 2. The number of aliphatic hydroxyl groups is 1. The van der Waals surface area contributed by atoms with Gasteiger partial charge in [-0.15, -0.1) is 0 Å². The van der Waals surface area contributed by atoms with Crippen LogP contribution in [-0.4, -0.2) is 27.6 Å². The second kappa shape index (κ2) is 13.8. The Kier molecular flexibility index (Phi) is 9.76. The molecule has 0 bridgehead atoms. The van der Waals surface area contributed by atoms with Gasteiger partial charge in [0.2, 0.25) is 0 Å². The van der Waals surface area contributed by atoms with Gasteiger partial charge in [-0.2, -0.15) is 0 Å². The maximum Gasteiger partial charge on any atom is 0.141 e. The summed E-state index contributed by atoms with van der Waals surface area (Å²) in [6.07, 6.45) is 5.55. The van der Waals surface area contributed by atoms with E-state index in [2.05, 4.69) is 92.0 Å². The first-order chi connectivity index (χ1) is 20.5. The fourth-order valence-corrected chi connectivity index (χ4v) is 5.96. The summed E-state index contributed by atoms with van der Waals surface area (Å²) in [5, 5.41) is 14.3. The molecule has 2 N–H and O–H groups in total. The maximum absolute atomic E-state index is 9.44. The smallest absolute Gasteiger partial charge is 0.141 e. The summed E-state index contributed by atoms with van der Waals surface area (Å²) in [6, 6.07) is 32.1. The SMILES string of the molecule is Cc1cc(C)n2c(n1)c(Cc1ccc(C(CCC(C)C)C(NCCO)=C3CC3)cc1)c1ccccc12.c1ccccc1. The highest BCUT2D eigenvalue weighted by Crippen LogP contribution is 2.40. The zero-order chi connectivity index (χ0) is 29.5. The number of para-hydroxylation sites is 1. The Bertz CT molecular complexity index is 1600. The van der Waals surface area contributed by atoms with Gasteiger partial charge in [0.25, 0.3) is 0 Å². The Morgan fingerprint density at radius 1 is 0.881 bits per heavy atom. The lowest BCUT2D eigenvalue weighted by Gasteiger charge is -2.24. The average Bonchev–Trinajstić information content (AvgIpc) is 3.80. The molecule has 2 aromatic heterocycles. The van der Waals surface area contributed by atoms with Crippen molar-refractivity contribution in [1.29, 1.82) is 0 Å². The van der Waals surface area contributed by atoms with Crippen LogP contribution in [0, 0.1) is 19.8 Å². The minimum absolute atomic E-state index is 0.166. The molecule has 3 aromatic carbocycles. The summed E-state index contributed by atoms with van der Waals surface area (Å²) < 4.78 is 2.30. The van der Waals surface area contributed by atoms with Crippen LogP contribution in [0.3, 0.4) is 0 Å². The number of aliphatic hydroxyl groups excluding tert-OH is 1. The fourth-order valence-electron chi connectivity index (χ4n) is 5.96. The number of nitrogens with zero attached hydrogens (tertiary/aromatic N) is 2. The molecule has 4 nitrogen and oxygen atoms in total. The predicted molar refractivity (Wildman–Crippen MR) is 176 cm³/mol. The Morgan fingerprint density at radius 3 is 2.17 bits per heavy atom. The summed E-state index contributed by atoms with van der Waals surface area (Å²) in [6.45, 7) is 9.64. The van der Waals surface area contributed by atoms with E-state index in [1.165, 1.54) is 63.8 Å². The standard InChI is InChI=1S/C32H39N3O.C6H6/c1-21(2)9-16-27(31(26-14-15-26)33-17-18-36)25-12-10-24(11-13-25)20-29-28-7-5-6-8-30(28)35-23(4)19-22(3)34-32(29)35;1-2-4-6-5-3-1/h5-8,10-13,19,21,27,33,36H,9,14-18,20H2,1-4H3;1-6H. The van der Waals surface area contributed by atoms with Crippen LogP contribution >= 0.6 is 0 Å². The highest BCUT2D eigenvalue weighted by atomic mass is 16.3. The number of hydrogen-bond donors (Lipinski definition) is 2. The molecular weight excluding hydrogens is 514 g/mol. The van der Waals surface area contributed by atoms with E-state index in [1.807, 2.05) is 36.4 Å². The van der Waals surface area contributed by atoms with Crippen LogP contribution in [0.15, 0.2) is 102 Å². The molecule has 0 spiro atoms. The highest BCUT2D eigenvalue weighted by Gasteiger charge is 2.26. The number of rotatable bonds is 10. The van der Waals surface area contributed by atoms with Gasteiger partial charge in [-0.1, -0.05) is 99.1 Å². The van der Waals surface area contributed by atoms with Gasteiger partial charge in [-0.25, -0.2) is 4.98 Å². The monoisotopic (exact) mass is 559 g/mol. The highest BCUT2D eigenvalue weighted by molar-refractivity contribution is 5.91. The normalized spacial score (nSPS) is 13.2. The predicted octanol–water partition coefficient (Wildman–Crippen LogP) is 8.53. The first kappa shape index (κ1) is 29.6. The molecule has 1 aliphatic rings. The summed E-state index contributed by atoms with van der Waals surface area (Å²) in [7, 11) is 0. The van der Waals surface area contributed by atoms with Crippen molar-refractivity contribution < 1.29 is 5.11 Å². The molecule has 1 saturated carbocycles. The Hall–Kier alpha value is -3.89. The van der Waals surface area contributed by atoms with Crippen molar-refractivity contribution in [1.82, 2.24) is 14.7 Å². The molecule has 1 fully saturated rings. The van der Waals surface area contributed by atoms with Crippen LogP contribution in [0.2, 0.25) is 0 Å². The first-order valence-electron chi connectivity index (χ1n) is 15.5. The van der Waals surface area contributed by atoms with Crippen molar-refractivity contribution in [2.45, 2.75) is 65.7 Å². The second-order valence-corrected chi connectivity index (χ2v) is 12.0. The van der Waals surface area contributed by atoms with Crippen molar-refractivity contribution >= 4 is 16.6 Å². The lowest BCUT2D eigenvalue weighted by Crippen LogP contribution is -2.23. The third kappa shape index (κ3) is 7.11. The van der Waals surface area contributed by atoms with Crippen molar-refractivity contribution in [3.63, 3.8) is 0 Å². The topological polar surface area (TPSA) is 49.6 Å². The Balaban J connectivity index is 0.000000524. The Labute approximate surface area is 251 Å². The van der Waals surface area contributed by atoms with E-state index in [0.29, 0.717) is 18.4 Å².